The van der Waals surface area contributed by atoms with E-state index >= 15 is 0 Å². The summed E-state index contributed by atoms with van der Waals surface area (Å²) < 4.78 is 11.9. The van der Waals surface area contributed by atoms with Crippen molar-refractivity contribution in [1.29, 1.82) is 0 Å². The molecule has 1 saturated heterocycles. The Morgan fingerprint density at radius 2 is 1.65 bits per heavy atom. The second-order valence-corrected chi connectivity index (χ2v) is 6.11. The van der Waals surface area contributed by atoms with Gasteiger partial charge in [0, 0.05) is 13.0 Å². The fourth-order valence-corrected chi connectivity index (χ4v) is 3.04. The van der Waals surface area contributed by atoms with Gasteiger partial charge in [-0.2, -0.15) is 0 Å². The standard InChI is InChI=1S/C20H24O3/c21-18-13-19(11-12-22-15-16-7-3-1-4-8-16)23-20(14-18)17-9-5-2-6-10-17/h1-10,18-21H,11-15H2/t18?,19-,20-/m0/s1. The van der Waals surface area contributed by atoms with Gasteiger partial charge in [-0.3, -0.25) is 0 Å². The van der Waals surface area contributed by atoms with E-state index in [0.717, 1.165) is 12.0 Å². The quantitative estimate of drug-likeness (QED) is 0.823. The highest BCUT2D eigenvalue weighted by atomic mass is 16.5. The largest absolute Gasteiger partial charge is 0.393 e. The Bertz CT molecular complexity index is 570. The third-order valence-corrected chi connectivity index (χ3v) is 4.24. The van der Waals surface area contributed by atoms with Crippen LogP contribution in [-0.4, -0.2) is 23.9 Å². The zero-order valence-electron chi connectivity index (χ0n) is 13.3. The van der Waals surface area contributed by atoms with Crippen LogP contribution in [-0.2, 0) is 16.1 Å². The smallest absolute Gasteiger partial charge is 0.0853 e. The lowest BCUT2D eigenvalue weighted by Gasteiger charge is -2.33. The van der Waals surface area contributed by atoms with Gasteiger partial charge in [-0.15, -0.1) is 0 Å². The Morgan fingerprint density at radius 1 is 0.957 bits per heavy atom. The molecule has 23 heavy (non-hydrogen) atoms. The molecule has 1 aliphatic rings. The zero-order chi connectivity index (χ0) is 15.9. The van der Waals surface area contributed by atoms with Crippen LogP contribution in [0.15, 0.2) is 60.7 Å². The molecule has 1 unspecified atom stereocenters. The maximum absolute atomic E-state index is 10.1. The lowest BCUT2D eigenvalue weighted by atomic mass is 9.95. The first-order valence-corrected chi connectivity index (χ1v) is 8.31. The average Bonchev–Trinajstić information content (AvgIpc) is 2.60. The van der Waals surface area contributed by atoms with Gasteiger partial charge in [0.15, 0.2) is 0 Å². The summed E-state index contributed by atoms with van der Waals surface area (Å²) in [6.45, 7) is 1.27. The zero-order valence-corrected chi connectivity index (χ0v) is 13.3. The molecule has 1 aliphatic heterocycles. The van der Waals surface area contributed by atoms with Crippen LogP contribution in [0, 0.1) is 0 Å². The first kappa shape index (κ1) is 16.2. The number of ether oxygens (including phenoxy) is 2. The van der Waals surface area contributed by atoms with Crippen molar-refractivity contribution in [2.75, 3.05) is 6.61 Å². The number of hydrogen-bond donors (Lipinski definition) is 1. The molecule has 122 valence electrons. The first-order chi connectivity index (χ1) is 11.3. The molecule has 0 radical (unpaired) electrons. The third kappa shape index (κ3) is 4.90. The molecule has 0 spiro atoms. The summed E-state index contributed by atoms with van der Waals surface area (Å²) in [6, 6.07) is 20.3. The summed E-state index contributed by atoms with van der Waals surface area (Å²) in [6.07, 6.45) is 1.92. The number of aliphatic hydroxyl groups excluding tert-OH is 1. The molecule has 3 rings (SSSR count). The van der Waals surface area contributed by atoms with Gasteiger partial charge in [0.1, 0.15) is 0 Å². The molecule has 1 fully saturated rings. The van der Waals surface area contributed by atoms with Crippen molar-refractivity contribution in [2.24, 2.45) is 0 Å². The summed E-state index contributed by atoms with van der Waals surface area (Å²) in [5, 5.41) is 10.1. The van der Waals surface area contributed by atoms with Crippen LogP contribution in [0.3, 0.4) is 0 Å². The number of aliphatic hydroxyl groups is 1. The second kappa shape index (κ2) is 8.25. The van der Waals surface area contributed by atoms with E-state index in [9.17, 15) is 5.11 Å². The van der Waals surface area contributed by atoms with Crippen LogP contribution < -0.4 is 0 Å². The second-order valence-electron chi connectivity index (χ2n) is 6.11. The molecule has 0 aromatic heterocycles. The first-order valence-electron chi connectivity index (χ1n) is 8.31. The highest BCUT2D eigenvalue weighted by molar-refractivity contribution is 5.18. The summed E-state index contributed by atoms with van der Waals surface area (Å²) >= 11 is 0. The lowest BCUT2D eigenvalue weighted by molar-refractivity contribution is -0.107. The van der Waals surface area contributed by atoms with E-state index in [-0.39, 0.29) is 18.3 Å². The molecular formula is C20H24O3. The Hall–Kier alpha value is -1.68. The normalized spacial score (nSPS) is 24.5. The molecule has 0 aliphatic carbocycles. The molecule has 2 aromatic carbocycles. The Labute approximate surface area is 137 Å². The van der Waals surface area contributed by atoms with Crippen molar-refractivity contribution < 1.29 is 14.6 Å². The SMILES string of the molecule is OC1C[C@H](CCOCc2ccccc2)O[C@H](c2ccccc2)C1. The molecule has 1 N–H and O–H groups in total. The fraction of sp³-hybridized carbons (Fsp3) is 0.400. The van der Waals surface area contributed by atoms with Crippen molar-refractivity contribution in [3.63, 3.8) is 0 Å². The fourth-order valence-electron chi connectivity index (χ4n) is 3.04. The van der Waals surface area contributed by atoms with Crippen molar-refractivity contribution in [3.8, 4) is 0 Å². The summed E-state index contributed by atoms with van der Waals surface area (Å²) in [5.74, 6) is 0. The van der Waals surface area contributed by atoms with Gasteiger partial charge in [-0.05, 0) is 24.0 Å². The number of benzene rings is 2. The van der Waals surface area contributed by atoms with Crippen LogP contribution in [0.4, 0.5) is 0 Å². The van der Waals surface area contributed by atoms with E-state index in [1.165, 1.54) is 5.56 Å². The van der Waals surface area contributed by atoms with Gasteiger partial charge in [-0.25, -0.2) is 0 Å². The highest BCUT2D eigenvalue weighted by Gasteiger charge is 2.28. The van der Waals surface area contributed by atoms with Crippen molar-refractivity contribution in [2.45, 2.75) is 44.2 Å². The van der Waals surface area contributed by atoms with Gasteiger partial charge >= 0.3 is 0 Å². The lowest BCUT2D eigenvalue weighted by Crippen LogP contribution is -2.32. The minimum Gasteiger partial charge on any atom is -0.393 e. The maximum Gasteiger partial charge on any atom is 0.0853 e. The minimum absolute atomic E-state index is 0.0147. The predicted octanol–water partition coefficient (Wildman–Crippen LogP) is 3.87. The number of rotatable bonds is 6. The van der Waals surface area contributed by atoms with E-state index in [1.54, 1.807) is 0 Å². The van der Waals surface area contributed by atoms with Gasteiger partial charge < -0.3 is 14.6 Å². The van der Waals surface area contributed by atoms with Crippen LogP contribution in [0.1, 0.15) is 36.5 Å². The van der Waals surface area contributed by atoms with Gasteiger partial charge in [0.2, 0.25) is 0 Å². The molecule has 2 aromatic rings. The molecule has 0 amide bonds. The van der Waals surface area contributed by atoms with Gasteiger partial charge in [0.25, 0.3) is 0 Å². The van der Waals surface area contributed by atoms with E-state index in [4.69, 9.17) is 9.47 Å². The molecule has 3 heteroatoms. The van der Waals surface area contributed by atoms with E-state index in [1.807, 2.05) is 36.4 Å². The van der Waals surface area contributed by atoms with Crippen LogP contribution >= 0.6 is 0 Å². The van der Waals surface area contributed by atoms with Crippen LogP contribution in [0.5, 0.6) is 0 Å². The van der Waals surface area contributed by atoms with Crippen LogP contribution in [0.25, 0.3) is 0 Å². The monoisotopic (exact) mass is 312 g/mol. The molecule has 3 nitrogen and oxygen atoms in total. The Kier molecular flexibility index (Phi) is 5.81. The molecular weight excluding hydrogens is 288 g/mol. The maximum atomic E-state index is 10.1. The predicted molar refractivity (Wildman–Crippen MR) is 90.0 cm³/mol. The molecule has 1 heterocycles. The highest BCUT2D eigenvalue weighted by Crippen LogP contribution is 2.32. The third-order valence-electron chi connectivity index (χ3n) is 4.24. The number of hydrogen-bond acceptors (Lipinski definition) is 3. The molecule has 0 bridgehead atoms. The topological polar surface area (TPSA) is 38.7 Å². The minimum atomic E-state index is -0.298. The van der Waals surface area contributed by atoms with E-state index in [0.29, 0.717) is 26.1 Å². The molecule has 0 saturated carbocycles. The van der Waals surface area contributed by atoms with Crippen LogP contribution in [0.2, 0.25) is 0 Å². The summed E-state index contributed by atoms with van der Waals surface area (Å²) in [5.41, 5.74) is 2.32. The van der Waals surface area contributed by atoms with Gasteiger partial charge in [0.05, 0.1) is 24.9 Å². The van der Waals surface area contributed by atoms with Crippen molar-refractivity contribution in [3.05, 3.63) is 71.8 Å². The Morgan fingerprint density at radius 3 is 2.39 bits per heavy atom. The van der Waals surface area contributed by atoms with E-state index < -0.39 is 0 Å². The van der Waals surface area contributed by atoms with Crippen molar-refractivity contribution >= 4 is 0 Å². The average molecular weight is 312 g/mol. The Balaban J connectivity index is 1.46. The molecule has 3 atom stereocenters. The van der Waals surface area contributed by atoms with Gasteiger partial charge in [-0.1, -0.05) is 60.7 Å². The summed E-state index contributed by atoms with van der Waals surface area (Å²) in [4.78, 5) is 0. The van der Waals surface area contributed by atoms with E-state index in [2.05, 4.69) is 24.3 Å². The van der Waals surface area contributed by atoms with Crippen molar-refractivity contribution in [1.82, 2.24) is 0 Å². The summed E-state index contributed by atoms with van der Waals surface area (Å²) in [7, 11) is 0.